The zero-order chi connectivity index (χ0) is 21.4. The van der Waals surface area contributed by atoms with Crippen molar-refractivity contribution in [2.75, 3.05) is 30.8 Å². The second-order valence-corrected chi connectivity index (χ2v) is 8.72. The molecule has 1 amide bonds. The minimum absolute atomic E-state index is 0.164. The van der Waals surface area contributed by atoms with Gasteiger partial charge in [0.05, 0.1) is 12.4 Å². The van der Waals surface area contributed by atoms with Crippen LogP contribution in [0, 0.1) is 0 Å². The number of hydrogen-bond donors (Lipinski definition) is 1. The zero-order valence-electron chi connectivity index (χ0n) is 16.5. The van der Waals surface area contributed by atoms with Crippen LogP contribution in [-0.4, -0.2) is 46.5 Å². The van der Waals surface area contributed by atoms with Crippen molar-refractivity contribution in [3.63, 3.8) is 0 Å². The number of esters is 1. The Kier molecular flexibility index (Phi) is 9.42. The lowest BCUT2D eigenvalue weighted by molar-refractivity contribution is -0.113. The van der Waals surface area contributed by atoms with Gasteiger partial charge < -0.3 is 15.0 Å². The lowest BCUT2D eigenvalue weighted by Gasteiger charge is -2.20. The van der Waals surface area contributed by atoms with Gasteiger partial charge in [-0.15, -0.1) is 11.3 Å². The number of hydrogen-bond acceptors (Lipinski definition) is 6. The first-order valence-electron chi connectivity index (χ1n) is 9.17. The molecular formula is C20H23ClN2O3S3. The van der Waals surface area contributed by atoms with Crippen LogP contribution in [0.15, 0.2) is 29.6 Å². The highest BCUT2D eigenvalue weighted by atomic mass is 35.5. The van der Waals surface area contributed by atoms with E-state index in [4.69, 9.17) is 28.6 Å². The predicted molar refractivity (Wildman–Crippen MR) is 127 cm³/mol. The largest absolute Gasteiger partial charge is 0.462 e. The van der Waals surface area contributed by atoms with Crippen LogP contribution in [0.4, 0.5) is 5.00 Å². The molecule has 0 aliphatic rings. The van der Waals surface area contributed by atoms with Crippen molar-refractivity contribution >= 4 is 68.1 Å². The second kappa shape index (κ2) is 11.5. The van der Waals surface area contributed by atoms with E-state index in [1.807, 2.05) is 36.9 Å². The number of benzene rings is 1. The van der Waals surface area contributed by atoms with Crippen LogP contribution in [-0.2, 0) is 9.53 Å². The first-order valence-corrected chi connectivity index (χ1v) is 11.8. The first-order chi connectivity index (χ1) is 13.9. The quantitative estimate of drug-likeness (QED) is 0.403. The van der Waals surface area contributed by atoms with Crippen molar-refractivity contribution in [1.82, 2.24) is 4.90 Å². The maximum absolute atomic E-state index is 12.6. The van der Waals surface area contributed by atoms with Crippen molar-refractivity contribution < 1.29 is 14.3 Å². The Balaban J connectivity index is 2.22. The maximum atomic E-state index is 12.6. The second-order valence-electron chi connectivity index (χ2n) is 5.83. The Morgan fingerprint density at radius 3 is 2.52 bits per heavy atom. The van der Waals surface area contributed by atoms with Gasteiger partial charge in [0.15, 0.2) is 0 Å². The minimum atomic E-state index is -0.495. The highest BCUT2D eigenvalue weighted by Crippen LogP contribution is 2.39. The Hall–Kier alpha value is -1.61. The number of ether oxygens (including phenoxy) is 1. The van der Waals surface area contributed by atoms with Crippen LogP contribution in [0.2, 0.25) is 5.02 Å². The molecule has 0 spiro atoms. The van der Waals surface area contributed by atoms with Crippen LogP contribution < -0.4 is 5.32 Å². The minimum Gasteiger partial charge on any atom is -0.462 e. The molecule has 1 aromatic heterocycles. The van der Waals surface area contributed by atoms with Gasteiger partial charge in [0.1, 0.15) is 14.9 Å². The molecule has 1 N–H and O–H groups in total. The molecule has 1 heterocycles. The molecule has 0 atom stereocenters. The fourth-order valence-electron chi connectivity index (χ4n) is 2.60. The summed E-state index contributed by atoms with van der Waals surface area (Å²) in [6.45, 7) is 7.60. The van der Waals surface area contributed by atoms with E-state index in [0.29, 0.717) is 31.0 Å². The molecule has 0 aliphatic heterocycles. The van der Waals surface area contributed by atoms with Gasteiger partial charge in [-0.2, -0.15) is 0 Å². The van der Waals surface area contributed by atoms with E-state index in [2.05, 4.69) is 5.32 Å². The first kappa shape index (κ1) is 23.7. The third-order valence-corrected chi connectivity index (χ3v) is 6.78. The average molecular weight is 471 g/mol. The van der Waals surface area contributed by atoms with Crippen molar-refractivity contribution in [2.45, 2.75) is 20.8 Å². The summed E-state index contributed by atoms with van der Waals surface area (Å²) in [5.41, 5.74) is 1.67. The van der Waals surface area contributed by atoms with E-state index < -0.39 is 5.97 Å². The number of thioether (sulfide) groups is 1. The van der Waals surface area contributed by atoms with E-state index in [0.717, 1.165) is 13.1 Å². The Morgan fingerprint density at radius 1 is 1.21 bits per heavy atom. The van der Waals surface area contributed by atoms with E-state index in [-0.39, 0.29) is 18.3 Å². The van der Waals surface area contributed by atoms with Gasteiger partial charge in [0.25, 0.3) is 0 Å². The number of thiocarbonyl (C=S) groups is 1. The van der Waals surface area contributed by atoms with Gasteiger partial charge in [-0.3, -0.25) is 4.79 Å². The molecule has 5 nitrogen and oxygen atoms in total. The van der Waals surface area contributed by atoms with Gasteiger partial charge in [-0.1, -0.05) is 53.8 Å². The van der Waals surface area contributed by atoms with Gasteiger partial charge in [0, 0.05) is 34.6 Å². The number of carbonyl (C=O) groups is 2. The number of anilines is 1. The van der Waals surface area contributed by atoms with E-state index in [1.54, 1.807) is 18.4 Å². The molecule has 2 aromatic rings. The van der Waals surface area contributed by atoms with Crippen molar-refractivity contribution in [1.29, 1.82) is 0 Å². The smallest absolute Gasteiger partial charge is 0.341 e. The normalized spacial score (nSPS) is 10.5. The van der Waals surface area contributed by atoms with E-state index >= 15 is 0 Å². The SMILES string of the molecule is CCOC(=O)c1c(-c2ccccc2Cl)csc1NC(=O)CSC(=S)N(CC)CC. The molecule has 156 valence electrons. The van der Waals surface area contributed by atoms with Crippen molar-refractivity contribution in [2.24, 2.45) is 0 Å². The Morgan fingerprint density at radius 2 is 1.90 bits per heavy atom. The molecule has 9 heteroatoms. The number of thiophene rings is 1. The lowest BCUT2D eigenvalue weighted by atomic mass is 10.0. The summed E-state index contributed by atoms with van der Waals surface area (Å²) in [7, 11) is 0. The summed E-state index contributed by atoms with van der Waals surface area (Å²) in [6.07, 6.45) is 0. The van der Waals surface area contributed by atoms with Crippen LogP contribution in [0.1, 0.15) is 31.1 Å². The Labute approximate surface area is 189 Å². The number of amides is 1. The number of nitrogens with one attached hydrogen (secondary N) is 1. The topological polar surface area (TPSA) is 58.6 Å². The van der Waals surface area contributed by atoms with Crippen molar-refractivity contribution in [3.05, 3.63) is 40.2 Å². The fraction of sp³-hybridized carbons (Fsp3) is 0.350. The van der Waals surface area contributed by atoms with Gasteiger partial charge >= 0.3 is 5.97 Å². The third kappa shape index (κ3) is 6.18. The number of halogens is 1. The molecule has 29 heavy (non-hydrogen) atoms. The van der Waals surface area contributed by atoms with Crippen LogP contribution >= 0.6 is 46.9 Å². The number of carbonyl (C=O) groups excluding carboxylic acids is 2. The van der Waals surface area contributed by atoms with Gasteiger partial charge in [0.2, 0.25) is 5.91 Å². The van der Waals surface area contributed by atoms with Crippen LogP contribution in [0.3, 0.4) is 0 Å². The van der Waals surface area contributed by atoms with Gasteiger partial charge in [-0.05, 0) is 26.8 Å². The third-order valence-electron chi connectivity index (χ3n) is 4.04. The highest BCUT2D eigenvalue weighted by Gasteiger charge is 2.24. The molecule has 2 rings (SSSR count). The van der Waals surface area contributed by atoms with E-state index in [1.165, 1.54) is 23.1 Å². The fourth-order valence-corrected chi connectivity index (χ4v) is 5.00. The maximum Gasteiger partial charge on any atom is 0.341 e. The number of rotatable bonds is 8. The summed E-state index contributed by atoms with van der Waals surface area (Å²) in [5, 5.41) is 5.59. The van der Waals surface area contributed by atoms with E-state index in [9.17, 15) is 9.59 Å². The monoisotopic (exact) mass is 470 g/mol. The molecule has 0 aliphatic carbocycles. The molecule has 0 saturated carbocycles. The summed E-state index contributed by atoms with van der Waals surface area (Å²) in [4.78, 5) is 27.1. The zero-order valence-corrected chi connectivity index (χ0v) is 19.7. The van der Waals surface area contributed by atoms with Crippen LogP contribution in [0.5, 0.6) is 0 Å². The summed E-state index contributed by atoms with van der Waals surface area (Å²) in [6, 6.07) is 7.25. The molecule has 0 saturated heterocycles. The Bertz CT molecular complexity index is 882. The summed E-state index contributed by atoms with van der Waals surface area (Å²) < 4.78 is 5.89. The molecule has 0 fully saturated rings. The number of nitrogens with zero attached hydrogens (tertiary/aromatic N) is 1. The summed E-state index contributed by atoms with van der Waals surface area (Å²) >= 11 is 14.2. The highest BCUT2D eigenvalue weighted by molar-refractivity contribution is 8.23. The molecular weight excluding hydrogens is 448 g/mol. The van der Waals surface area contributed by atoms with Gasteiger partial charge in [-0.25, -0.2) is 4.79 Å². The summed E-state index contributed by atoms with van der Waals surface area (Å²) in [5.74, 6) is -0.565. The molecule has 0 bridgehead atoms. The molecule has 0 radical (unpaired) electrons. The molecule has 0 unspecified atom stereocenters. The van der Waals surface area contributed by atoms with Crippen LogP contribution in [0.25, 0.3) is 11.1 Å². The van der Waals surface area contributed by atoms with Crippen molar-refractivity contribution in [3.8, 4) is 11.1 Å². The average Bonchev–Trinajstić information content (AvgIpc) is 3.11. The standard InChI is InChI=1S/C20H23ClN2O3S3/c1-4-23(5-2)20(27)29-12-16(24)22-18-17(19(25)26-6-3)14(11-28-18)13-9-7-8-10-15(13)21/h7-11H,4-6,12H2,1-3H3,(H,22,24). The predicted octanol–water partition coefficient (Wildman–Crippen LogP) is 5.54. The molecule has 1 aromatic carbocycles. The lowest BCUT2D eigenvalue weighted by Crippen LogP contribution is -2.28.